The predicted octanol–water partition coefficient (Wildman–Crippen LogP) is 7.62. The van der Waals surface area contributed by atoms with Crippen molar-refractivity contribution >= 4 is 0 Å². The van der Waals surface area contributed by atoms with E-state index in [4.69, 9.17) is 0 Å². The van der Waals surface area contributed by atoms with Crippen LogP contribution in [-0.2, 0) is 0 Å². The van der Waals surface area contributed by atoms with Crippen LogP contribution in [0.2, 0.25) is 0 Å². The molecule has 1 N–H and O–H groups in total. The first-order valence-corrected chi connectivity index (χ1v) is 13.2. The highest BCUT2D eigenvalue weighted by Crippen LogP contribution is 2.67. The van der Waals surface area contributed by atoms with Crippen LogP contribution in [0.15, 0.2) is 11.6 Å². The molecule has 4 aliphatic rings. The first-order valence-electron chi connectivity index (χ1n) is 13.2. The van der Waals surface area contributed by atoms with Crippen molar-refractivity contribution < 1.29 is 0 Å². The summed E-state index contributed by atoms with van der Waals surface area (Å²) in [5, 5.41) is 3.57. The Hall–Kier alpha value is -0.300. The summed E-state index contributed by atoms with van der Waals surface area (Å²) in [6, 6.07) is 0.724. The molecule has 8 atom stereocenters. The number of allylic oxidation sites excluding steroid dienone is 1. The van der Waals surface area contributed by atoms with Gasteiger partial charge in [-0.3, -0.25) is 0 Å². The van der Waals surface area contributed by atoms with E-state index in [1.165, 1.54) is 70.6 Å². The van der Waals surface area contributed by atoms with Gasteiger partial charge in [-0.15, -0.1) is 0 Å². The number of rotatable bonds is 6. The van der Waals surface area contributed by atoms with E-state index in [0.717, 1.165) is 41.5 Å². The van der Waals surface area contributed by atoms with Crippen LogP contribution < -0.4 is 5.32 Å². The summed E-state index contributed by atoms with van der Waals surface area (Å²) in [7, 11) is 2.16. The van der Waals surface area contributed by atoms with Gasteiger partial charge in [0.15, 0.2) is 0 Å². The van der Waals surface area contributed by atoms with Crippen LogP contribution in [0.5, 0.6) is 0 Å². The van der Waals surface area contributed by atoms with Crippen molar-refractivity contribution in [3.8, 4) is 0 Å². The van der Waals surface area contributed by atoms with Gasteiger partial charge in [-0.25, -0.2) is 0 Å². The minimum absolute atomic E-state index is 0.512. The van der Waals surface area contributed by atoms with Gasteiger partial charge in [0, 0.05) is 6.04 Å². The monoisotopic (exact) mass is 399 g/mol. The summed E-state index contributed by atoms with van der Waals surface area (Å²) >= 11 is 0. The van der Waals surface area contributed by atoms with Gasteiger partial charge in [0.2, 0.25) is 0 Å². The molecular weight excluding hydrogens is 350 g/mol. The van der Waals surface area contributed by atoms with E-state index in [2.05, 4.69) is 53.1 Å². The number of hydrogen-bond acceptors (Lipinski definition) is 1. The minimum Gasteiger partial charge on any atom is -0.317 e. The first-order chi connectivity index (χ1) is 13.8. The summed E-state index contributed by atoms with van der Waals surface area (Å²) in [5.74, 6) is 5.72. The van der Waals surface area contributed by atoms with Gasteiger partial charge in [-0.05, 0) is 105 Å². The summed E-state index contributed by atoms with van der Waals surface area (Å²) in [6.45, 7) is 12.8. The summed E-state index contributed by atoms with van der Waals surface area (Å²) < 4.78 is 0. The fourth-order valence-corrected chi connectivity index (χ4v) is 8.93. The lowest BCUT2D eigenvalue weighted by atomic mass is 9.47. The molecular formula is C28H49N. The maximum Gasteiger partial charge on any atom is 0.0102 e. The van der Waals surface area contributed by atoms with Gasteiger partial charge in [0.25, 0.3) is 0 Å². The van der Waals surface area contributed by atoms with Crippen LogP contribution in [0, 0.1) is 46.3 Å². The summed E-state index contributed by atoms with van der Waals surface area (Å²) in [5.41, 5.74) is 2.96. The fraction of sp³-hybridized carbons (Fsp3) is 0.929. The number of fused-ring (bicyclic) bond motifs is 5. The molecule has 3 saturated carbocycles. The second-order valence-electron chi connectivity index (χ2n) is 12.5. The molecule has 0 aromatic rings. The van der Waals surface area contributed by atoms with E-state index >= 15 is 0 Å². The van der Waals surface area contributed by atoms with Crippen molar-refractivity contribution in [1.82, 2.24) is 5.32 Å². The lowest BCUT2D eigenvalue weighted by Gasteiger charge is -2.58. The van der Waals surface area contributed by atoms with Gasteiger partial charge in [-0.1, -0.05) is 65.5 Å². The largest absolute Gasteiger partial charge is 0.317 e. The molecule has 0 radical (unpaired) electrons. The molecule has 0 bridgehead atoms. The van der Waals surface area contributed by atoms with E-state index in [-0.39, 0.29) is 0 Å². The molecule has 0 spiro atoms. The molecule has 4 aliphatic carbocycles. The molecule has 1 nitrogen and oxygen atoms in total. The standard InChI is InChI=1S/C28H49N/c1-19(2)8-7-9-20(3)24-12-13-25-23-11-10-21-18-22(29-6)14-16-27(21,4)26(23)15-17-28(24,25)5/h10,19-20,22-26,29H,7-9,11-18H2,1-6H3/t20-,22+,23+,24-,25+,26+,27+,28-/m1/s1. The Kier molecular flexibility index (Phi) is 6.29. The highest BCUT2D eigenvalue weighted by molar-refractivity contribution is 5.25. The lowest BCUT2D eigenvalue weighted by Crippen LogP contribution is -2.51. The van der Waals surface area contributed by atoms with E-state index in [0.29, 0.717) is 10.8 Å². The first kappa shape index (κ1) is 21.9. The Morgan fingerprint density at radius 2 is 1.79 bits per heavy atom. The zero-order valence-corrected chi connectivity index (χ0v) is 20.4. The second kappa shape index (κ2) is 8.33. The lowest BCUT2D eigenvalue weighted by molar-refractivity contribution is -0.0513. The van der Waals surface area contributed by atoms with Crippen molar-refractivity contribution in [3.63, 3.8) is 0 Å². The Labute approximate surface area is 181 Å². The Morgan fingerprint density at radius 3 is 2.52 bits per heavy atom. The molecule has 1 heteroatoms. The molecule has 166 valence electrons. The fourth-order valence-electron chi connectivity index (χ4n) is 8.93. The minimum atomic E-state index is 0.512. The van der Waals surface area contributed by atoms with Crippen molar-refractivity contribution in [1.29, 1.82) is 0 Å². The van der Waals surface area contributed by atoms with Crippen LogP contribution in [0.3, 0.4) is 0 Å². The molecule has 4 rings (SSSR count). The van der Waals surface area contributed by atoms with Crippen molar-refractivity contribution in [2.75, 3.05) is 7.05 Å². The number of nitrogens with one attached hydrogen (secondary N) is 1. The third-order valence-electron chi connectivity index (χ3n) is 10.7. The Morgan fingerprint density at radius 1 is 1.00 bits per heavy atom. The molecule has 29 heavy (non-hydrogen) atoms. The maximum absolute atomic E-state index is 3.57. The van der Waals surface area contributed by atoms with Gasteiger partial charge >= 0.3 is 0 Å². The Bertz CT molecular complexity index is 605. The smallest absolute Gasteiger partial charge is 0.0102 e. The molecule has 0 aromatic heterocycles. The molecule has 0 unspecified atom stereocenters. The van der Waals surface area contributed by atoms with Crippen molar-refractivity contribution in [2.24, 2.45) is 46.3 Å². The third-order valence-corrected chi connectivity index (χ3v) is 10.7. The second-order valence-corrected chi connectivity index (χ2v) is 12.5. The molecule has 0 aliphatic heterocycles. The molecule has 0 aromatic carbocycles. The quantitative estimate of drug-likeness (QED) is 0.453. The summed E-state index contributed by atoms with van der Waals surface area (Å²) in [6.07, 6.45) is 18.6. The third kappa shape index (κ3) is 3.77. The molecule has 0 heterocycles. The van der Waals surface area contributed by atoms with Crippen LogP contribution in [0.1, 0.15) is 105 Å². The van der Waals surface area contributed by atoms with Gasteiger partial charge < -0.3 is 5.32 Å². The average molecular weight is 400 g/mol. The highest BCUT2D eigenvalue weighted by atomic mass is 14.9. The zero-order valence-electron chi connectivity index (χ0n) is 20.4. The van der Waals surface area contributed by atoms with E-state index in [9.17, 15) is 0 Å². The molecule has 3 fully saturated rings. The zero-order chi connectivity index (χ0) is 20.8. The summed E-state index contributed by atoms with van der Waals surface area (Å²) in [4.78, 5) is 0. The van der Waals surface area contributed by atoms with Crippen LogP contribution >= 0.6 is 0 Å². The Balaban J connectivity index is 1.48. The topological polar surface area (TPSA) is 12.0 Å². The predicted molar refractivity (Wildman–Crippen MR) is 126 cm³/mol. The van der Waals surface area contributed by atoms with Gasteiger partial charge in [0.1, 0.15) is 0 Å². The van der Waals surface area contributed by atoms with Gasteiger partial charge in [0.05, 0.1) is 0 Å². The van der Waals surface area contributed by atoms with E-state index in [1.807, 2.05) is 5.57 Å². The van der Waals surface area contributed by atoms with Crippen molar-refractivity contribution in [2.45, 2.75) is 111 Å². The van der Waals surface area contributed by atoms with E-state index in [1.54, 1.807) is 0 Å². The van der Waals surface area contributed by atoms with Crippen LogP contribution in [-0.4, -0.2) is 13.1 Å². The van der Waals surface area contributed by atoms with Gasteiger partial charge in [-0.2, -0.15) is 0 Å². The van der Waals surface area contributed by atoms with E-state index < -0.39 is 0 Å². The van der Waals surface area contributed by atoms with Crippen molar-refractivity contribution in [3.05, 3.63) is 11.6 Å². The SMILES string of the molecule is CN[C@H]1CC[C@@]2(C)C(=CC[C@H]3[C@@H]4CC[C@H]([C@H](C)CCCC(C)C)[C@@]4(C)CC[C@@H]32)C1. The average Bonchev–Trinajstić information content (AvgIpc) is 3.04. The number of hydrogen-bond donors (Lipinski definition) is 1. The van der Waals surface area contributed by atoms with Crippen LogP contribution in [0.25, 0.3) is 0 Å². The maximum atomic E-state index is 3.57. The molecule has 0 saturated heterocycles. The normalized spacial score (nSPS) is 45.3. The molecule has 0 amide bonds. The highest BCUT2D eigenvalue weighted by Gasteiger charge is 2.59. The van der Waals surface area contributed by atoms with Crippen LogP contribution in [0.4, 0.5) is 0 Å².